The van der Waals surface area contributed by atoms with Gasteiger partial charge < -0.3 is 12.8 Å². The van der Waals surface area contributed by atoms with Crippen LogP contribution in [-0.2, 0) is 0 Å². The molecule has 0 aliphatic carbocycles. The molecule has 3 radical (unpaired) electrons. The Hall–Kier alpha value is 0.622. The molecule has 0 fully saturated rings. The largest absolute Gasteiger partial charge is 1.00 e. The van der Waals surface area contributed by atoms with E-state index in [2.05, 4.69) is 27.7 Å². The van der Waals surface area contributed by atoms with Crippen LogP contribution in [0.15, 0.2) is 0 Å². The third kappa shape index (κ3) is 5.09. The minimum absolute atomic E-state index is 0. The normalized spacial score (nSPS) is 10.7. The first-order chi connectivity index (χ1) is 3.55. The molecule has 0 aromatic heterocycles. The van der Waals surface area contributed by atoms with E-state index in [9.17, 15) is 0 Å². The van der Waals surface area contributed by atoms with Crippen LogP contribution in [0.25, 0.3) is 0 Å². The van der Waals surface area contributed by atoms with Crippen LogP contribution in [0.2, 0.25) is 0 Å². The van der Waals surface area contributed by atoms with Gasteiger partial charge in [-0.3, -0.25) is 0 Å². The minimum Gasteiger partial charge on any atom is -0.576 e. The predicted octanol–water partition coefficient (Wildman–Crippen LogP) is -1.81. The molecular formula is C6H14BLiN. The zero-order chi connectivity index (χ0) is 6.73. The van der Waals surface area contributed by atoms with Gasteiger partial charge in [-0.15, -0.1) is 0 Å². The topological polar surface area (TPSA) is 3.24 Å². The summed E-state index contributed by atoms with van der Waals surface area (Å²) in [5, 5.41) is 0. The first-order valence-corrected chi connectivity index (χ1v) is 3.08. The van der Waals surface area contributed by atoms with Gasteiger partial charge in [0.05, 0.1) is 0 Å². The molecule has 9 heavy (non-hydrogen) atoms. The molecule has 0 amide bonds. The van der Waals surface area contributed by atoms with Crippen LogP contribution >= 0.6 is 0 Å². The summed E-state index contributed by atoms with van der Waals surface area (Å²) >= 11 is 0. The zero-order valence-corrected chi connectivity index (χ0v) is 7.18. The third-order valence-corrected chi connectivity index (χ3v) is 1.19. The van der Waals surface area contributed by atoms with E-state index in [1.54, 1.807) is 0 Å². The predicted molar refractivity (Wildman–Crippen MR) is 37.9 cm³/mol. The second-order valence-corrected chi connectivity index (χ2v) is 2.63. The molecule has 0 bridgehead atoms. The number of rotatable bonds is 2. The van der Waals surface area contributed by atoms with E-state index in [-0.39, 0.29) is 18.9 Å². The van der Waals surface area contributed by atoms with Crippen molar-refractivity contribution in [1.29, 1.82) is 0 Å². The van der Waals surface area contributed by atoms with Crippen molar-refractivity contribution in [3.8, 4) is 0 Å². The molecule has 0 aromatic rings. The Labute approximate surface area is 71.8 Å². The average Bonchev–Trinajstić information content (AvgIpc) is 1.64. The van der Waals surface area contributed by atoms with Crippen molar-refractivity contribution >= 4 is 7.98 Å². The summed E-state index contributed by atoms with van der Waals surface area (Å²) in [4.78, 5) is 1.83. The summed E-state index contributed by atoms with van der Waals surface area (Å²) in [5.41, 5.74) is 0. The van der Waals surface area contributed by atoms with Gasteiger partial charge in [0.15, 0.2) is 0 Å². The summed E-state index contributed by atoms with van der Waals surface area (Å²) in [5.74, 6) is 0. The summed E-state index contributed by atoms with van der Waals surface area (Å²) < 4.78 is 0. The number of hydrogen-bond donors (Lipinski definition) is 0. The molecule has 47 valence electrons. The number of nitrogens with zero attached hydrogens (tertiary/aromatic N) is 1. The Balaban J connectivity index is 0. The van der Waals surface area contributed by atoms with Gasteiger partial charge in [0.25, 0.3) is 0 Å². The summed E-state index contributed by atoms with van der Waals surface area (Å²) in [6.07, 6.45) is 0. The Kier molecular flexibility index (Phi) is 7.40. The van der Waals surface area contributed by atoms with Gasteiger partial charge >= 0.3 is 18.9 Å². The first-order valence-electron chi connectivity index (χ1n) is 3.08. The summed E-state index contributed by atoms with van der Waals surface area (Å²) in [6, 6.07) is 0.907. The maximum atomic E-state index is 5.59. The van der Waals surface area contributed by atoms with Crippen molar-refractivity contribution in [3.63, 3.8) is 0 Å². The molecule has 0 aliphatic rings. The van der Waals surface area contributed by atoms with Crippen molar-refractivity contribution in [2.75, 3.05) is 0 Å². The Morgan fingerprint density at radius 1 is 1.00 bits per heavy atom. The van der Waals surface area contributed by atoms with E-state index in [4.69, 9.17) is 7.98 Å². The summed E-state index contributed by atoms with van der Waals surface area (Å²) in [6.45, 7) is 8.33. The SMILES string of the molecule is [B-]N(C(C)C)C(C)C.[Li+]. The van der Waals surface area contributed by atoms with Gasteiger partial charge in [-0.05, 0) is 12.1 Å². The standard InChI is InChI=1S/C6H14BN.Li/c1-5(2)8(7)6(3)4;/h5-6H,1-4H3;/q-1;+1. The fourth-order valence-corrected chi connectivity index (χ4v) is 0.596. The van der Waals surface area contributed by atoms with Gasteiger partial charge in [-0.2, -0.15) is 0 Å². The molecule has 0 aromatic carbocycles. The smallest absolute Gasteiger partial charge is 0.576 e. The second-order valence-electron chi connectivity index (χ2n) is 2.63. The molecule has 0 N–H and O–H groups in total. The van der Waals surface area contributed by atoms with Crippen LogP contribution in [0.1, 0.15) is 27.7 Å². The van der Waals surface area contributed by atoms with Gasteiger partial charge in [0.1, 0.15) is 0 Å². The van der Waals surface area contributed by atoms with Gasteiger partial charge in [-0.1, -0.05) is 27.7 Å². The molecule has 0 saturated carbocycles. The van der Waals surface area contributed by atoms with Crippen molar-refractivity contribution in [1.82, 2.24) is 4.81 Å². The van der Waals surface area contributed by atoms with Gasteiger partial charge in [0.2, 0.25) is 0 Å². The van der Waals surface area contributed by atoms with E-state index in [1.807, 2.05) is 4.81 Å². The van der Waals surface area contributed by atoms with Crippen molar-refractivity contribution < 1.29 is 18.9 Å². The third-order valence-electron chi connectivity index (χ3n) is 1.19. The Bertz CT molecular complexity index is 58.1. The summed E-state index contributed by atoms with van der Waals surface area (Å²) in [7, 11) is 5.59. The molecule has 0 unspecified atom stereocenters. The van der Waals surface area contributed by atoms with E-state index in [0.717, 1.165) is 0 Å². The van der Waals surface area contributed by atoms with Crippen molar-refractivity contribution in [2.45, 2.75) is 39.8 Å². The maximum absolute atomic E-state index is 5.59. The van der Waals surface area contributed by atoms with Crippen LogP contribution in [-0.4, -0.2) is 24.9 Å². The first kappa shape index (κ1) is 12.3. The minimum atomic E-state index is 0. The number of hydrogen-bond acceptors (Lipinski definition) is 1. The molecule has 0 aliphatic heterocycles. The van der Waals surface area contributed by atoms with Crippen LogP contribution in [0, 0.1) is 0 Å². The van der Waals surface area contributed by atoms with E-state index in [1.165, 1.54) is 0 Å². The molecule has 0 atom stereocenters. The second kappa shape index (κ2) is 5.41. The quantitative estimate of drug-likeness (QED) is 0.386. The van der Waals surface area contributed by atoms with Crippen LogP contribution < -0.4 is 18.9 Å². The fourth-order valence-electron chi connectivity index (χ4n) is 0.596. The zero-order valence-electron chi connectivity index (χ0n) is 7.18. The van der Waals surface area contributed by atoms with E-state index < -0.39 is 0 Å². The Morgan fingerprint density at radius 3 is 1.22 bits per heavy atom. The maximum Gasteiger partial charge on any atom is 1.00 e. The van der Waals surface area contributed by atoms with Crippen molar-refractivity contribution in [2.24, 2.45) is 0 Å². The van der Waals surface area contributed by atoms with Gasteiger partial charge in [0, 0.05) is 0 Å². The van der Waals surface area contributed by atoms with Crippen LogP contribution in [0.5, 0.6) is 0 Å². The molecule has 1 nitrogen and oxygen atoms in total. The fraction of sp³-hybridized carbons (Fsp3) is 1.00. The average molecular weight is 118 g/mol. The van der Waals surface area contributed by atoms with Crippen molar-refractivity contribution in [3.05, 3.63) is 0 Å². The van der Waals surface area contributed by atoms with Gasteiger partial charge in [-0.25, -0.2) is 0 Å². The Morgan fingerprint density at radius 2 is 1.22 bits per heavy atom. The monoisotopic (exact) mass is 118 g/mol. The van der Waals surface area contributed by atoms with E-state index >= 15 is 0 Å². The molecule has 0 saturated heterocycles. The van der Waals surface area contributed by atoms with Crippen LogP contribution in [0.3, 0.4) is 0 Å². The molecule has 0 rings (SSSR count). The molecule has 0 heterocycles. The van der Waals surface area contributed by atoms with E-state index in [0.29, 0.717) is 12.1 Å². The molecular weight excluding hydrogens is 104 g/mol. The molecule has 0 spiro atoms. The van der Waals surface area contributed by atoms with Crippen LogP contribution in [0.4, 0.5) is 0 Å². The molecule has 3 heteroatoms.